The summed E-state index contributed by atoms with van der Waals surface area (Å²) in [5.74, 6) is 1.20. The summed E-state index contributed by atoms with van der Waals surface area (Å²) in [6.07, 6.45) is 3.16. The Morgan fingerprint density at radius 2 is 2.30 bits per heavy atom. The molecular formula is C16H23N5O2. The van der Waals surface area contributed by atoms with Crippen molar-refractivity contribution in [2.75, 3.05) is 26.2 Å². The van der Waals surface area contributed by atoms with Gasteiger partial charge >= 0.3 is 0 Å². The zero-order valence-corrected chi connectivity index (χ0v) is 13.6. The van der Waals surface area contributed by atoms with Gasteiger partial charge in [-0.25, -0.2) is 0 Å². The van der Waals surface area contributed by atoms with Crippen molar-refractivity contribution in [3.8, 4) is 11.4 Å². The summed E-state index contributed by atoms with van der Waals surface area (Å²) in [4.78, 5) is 13.1. The van der Waals surface area contributed by atoms with Crippen LogP contribution in [0.1, 0.15) is 19.7 Å². The Morgan fingerprint density at radius 1 is 1.43 bits per heavy atom. The minimum Gasteiger partial charge on any atom is -0.392 e. The Labute approximate surface area is 135 Å². The molecule has 0 aliphatic carbocycles. The number of piperazine rings is 1. The maximum Gasteiger partial charge on any atom is 0.241 e. The molecule has 0 saturated carbocycles. The second-order valence-corrected chi connectivity index (χ2v) is 6.18. The predicted molar refractivity (Wildman–Crippen MR) is 85.5 cm³/mol. The Kier molecular flexibility index (Phi) is 5.00. The number of hydrogen-bond acceptors (Lipinski definition) is 7. The van der Waals surface area contributed by atoms with Gasteiger partial charge in [-0.15, -0.1) is 0 Å². The molecule has 0 radical (unpaired) electrons. The van der Waals surface area contributed by atoms with Gasteiger partial charge in [0.15, 0.2) is 0 Å². The van der Waals surface area contributed by atoms with E-state index in [-0.39, 0.29) is 6.10 Å². The number of nitrogens with zero attached hydrogens (tertiary/aromatic N) is 5. The zero-order chi connectivity index (χ0) is 16.2. The van der Waals surface area contributed by atoms with E-state index >= 15 is 0 Å². The first-order valence-electron chi connectivity index (χ1n) is 7.99. The molecule has 1 aliphatic heterocycles. The maximum absolute atomic E-state index is 9.54. The van der Waals surface area contributed by atoms with Crippen LogP contribution in [0.15, 0.2) is 29.0 Å². The van der Waals surface area contributed by atoms with Crippen LogP contribution in [0, 0.1) is 0 Å². The molecule has 1 fully saturated rings. The monoisotopic (exact) mass is 317 g/mol. The van der Waals surface area contributed by atoms with Gasteiger partial charge in [-0.05, 0) is 26.0 Å². The normalized spacial score (nSPS) is 21.4. The van der Waals surface area contributed by atoms with Crippen LogP contribution >= 0.6 is 0 Å². The molecule has 23 heavy (non-hydrogen) atoms. The summed E-state index contributed by atoms with van der Waals surface area (Å²) < 4.78 is 5.36. The molecule has 2 aromatic rings. The van der Waals surface area contributed by atoms with Crippen LogP contribution in [-0.2, 0) is 6.54 Å². The van der Waals surface area contributed by atoms with Crippen LogP contribution < -0.4 is 0 Å². The molecule has 2 aromatic heterocycles. The highest BCUT2D eigenvalue weighted by molar-refractivity contribution is 5.51. The predicted octanol–water partition coefficient (Wildman–Crippen LogP) is 1.02. The number of pyridine rings is 1. The van der Waals surface area contributed by atoms with Crippen LogP contribution in [0.25, 0.3) is 11.4 Å². The van der Waals surface area contributed by atoms with Crippen molar-refractivity contribution < 1.29 is 9.63 Å². The van der Waals surface area contributed by atoms with Gasteiger partial charge in [0.05, 0.1) is 12.6 Å². The maximum atomic E-state index is 9.54. The summed E-state index contributed by atoms with van der Waals surface area (Å²) in [6.45, 7) is 8.19. The van der Waals surface area contributed by atoms with E-state index in [9.17, 15) is 5.11 Å². The topological polar surface area (TPSA) is 78.5 Å². The van der Waals surface area contributed by atoms with Gasteiger partial charge in [0, 0.05) is 50.2 Å². The molecule has 3 rings (SSSR count). The highest BCUT2D eigenvalue weighted by Crippen LogP contribution is 2.16. The molecule has 0 amide bonds. The number of aromatic nitrogens is 3. The lowest BCUT2D eigenvalue weighted by atomic mass is 10.1. The second kappa shape index (κ2) is 7.16. The van der Waals surface area contributed by atoms with Gasteiger partial charge in [0.1, 0.15) is 0 Å². The fraction of sp³-hybridized carbons (Fsp3) is 0.562. The average Bonchev–Trinajstić information content (AvgIpc) is 2.99. The largest absolute Gasteiger partial charge is 0.392 e. The number of rotatable bonds is 5. The Bertz CT molecular complexity index is 616. The van der Waals surface area contributed by atoms with Gasteiger partial charge in [-0.3, -0.25) is 14.8 Å². The van der Waals surface area contributed by atoms with E-state index in [1.54, 1.807) is 12.4 Å². The highest BCUT2D eigenvalue weighted by Gasteiger charge is 2.25. The molecule has 124 valence electrons. The smallest absolute Gasteiger partial charge is 0.241 e. The summed E-state index contributed by atoms with van der Waals surface area (Å²) >= 11 is 0. The van der Waals surface area contributed by atoms with Crippen molar-refractivity contribution in [1.29, 1.82) is 0 Å². The van der Waals surface area contributed by atoms with Gasteiger partial charge in [0.2, 0.25) is 11.7 Å². The van der Waals surface area contributed by atoms with E-state index in [0.29, 0.717) is 24.3 Å². The average molecular weight is 317 g/mol. The number of aliphatic hydroxyl groups excluding tert-OH is 1. The van der Waals surface area contributed by atoms with E-state index in [4.69, 9.17) is 4.52 Å². The van der Waals surface area contributed by atoms with E-state index in [0.717, 1.165) is 31.7 Å². The summed E-state index contributed by atoms with van der Waals surface area (Å²) in [5.41, 5.74) is 0.859. The van der Waals surface area contributed by atoms with Crippen LogP contribution in [0.5, 0.6) is 0 Å². The first-order chi connectivity index (χ1) is 11.1. The molecule has 2 atom stereocenters. The minimum atomic E-state index is -0.290. The molecule has 1 N–H and O–H groups in total. The second-order valence-electron chi connectivity index (χ2n) is 6.18. The molecule has 0 spiro atoms. The van der Waals surface area contributed by atoms with Crippen LogP contribution in [0.2, 0.25) is 0 Å². The molecule has 7 heteroatoms. The fourth-order valence-corrected chi connectivity index (χ4v) is 2.95. The summed E-state index contributed by atoms with van der Waals surface area (Å²) in [6, 6.07) is 4.17. The molecule has 7 nitrogen and oxygen atoms in total. The molecular weight excluding hydrogens is 294 g/mol. The van der Waals surface area contributed by atoms with Gasteiger partial charge in [0.25, 0.3) is 0 Å². The Hall–Kier alpha value is -1.83. The van der Waals surface area contributed by atoms with Crippen molar-refractivity contribution >= 4 is 0 Å². The Balaban J connectivity index is 1.58. The third-order valence-corrected chi connectivity index (χ3v) is 4.09. The third-order valence-electron chi connectivity index (χ3n) is 4.09. The lowest BCUT2D eigenvalue weighted by Gasteiger charge is -2.39. The first-order valence-corrected chi connectivity index (χ1v) is 7.99. The Morgan fingerprint density at radius 3 is 3.00 bits per heavy atom. The molecule has 0 bridgehead atoms. The van der Waals surface area contributed by atoms with Gasteiger partial charge in [-0.2, -0.15) is 4.98 Å². The van der Waals surface area contributed by atoms with E-state index < -0.39 is 0 Å². The lowest BCUT2D eigenvalue weighted by Crippen LogP contribution is -2.53. The van der Waals surface area contributed by atoms with E-state index in [1.165, 1.54) is 0 Å². The first kappa shape index (κ1) is 16.0. The van der Waals surface area contributed by atoms with Crippen molar-refractivity contribution in [3.63, 3.8) is 0 Å². The van der Waals surface area contributed by atoms with Gasteiger partial charge in [-0.1, -0.05) is 5.16 Å². The third kappa shape index (κ3) is 4.13. The van der Waals surface area contributed by atoms with Crippen molar-refractivity contribution in [1.82, 2.24) is 24.9 Å². The molecule has 3 heterocycles. The lowest BCUT2D eigenvalue weighted by molar-refractivity contribution is 0.0385. The quantitative estimate of drug-likeness (QED) is 0.882. The minimum absolute atomic E-state index is 0.290. The molecule has 0 aromatic carbocycles. The van der Waals surface area contributed by atoms with Crippen LogP contribution in [0.3, 0.4) is 0 Å². The summed E-state index contributed by atoms with van der Waals surface area (Å²) in [7, 11) is 0. The number of β-amino-alcohol motifs (C(OH)–C–C–N with tert-alkyl or cyclic N) is 1. The number of hydrogen-bond donors (Lipinski definition) is 1. The van der Waals surface area contributed by atoms with Crippen molar-refractivity contribution in [2.24, 2.45) is 0 Å². The van der Waals surface area contributed by atoms with Crippen molar-refractivity contribution in [3.05, 3.63) is 30.4 Å². The molecule has 1 aliphatic rings. The van der Waals surface area contributed by atoms with E-state index in [1.807, 2.05) is 19.1 Å². The standard InChI is InChI=1S/C16H23N5O2/c1-12-9-20(6-7-21(12)10-13(2)22)11-15-18-16(19-23-15)14-4-3-5-17-8-14/h3-5,8,12-13,22H,6-7,9-11H2,1-2H3/t12-,13+/m0/s1. The zero-order valence-electron chi connectivity index (χ0n) is 13.6. The highest BCUT2D eigenvalue weighted by atomic mass is 16.5. The number of aliphatic hydroxyl groups is 1. The molecule has 1 saturated heterocycles. The SMILES string of the molecule is C[C@@H](O)CN1CCN(Cc2nc(-c3cccnc3)no2)C[C@@H]1C. The molecule has 0 unspecified atom stereocenters. The fourth-order valence-electron chi connectivity index (χ4n) is 2.95. The van der Waals surface area contributed by atoms with Crippen LogP contribution in [-0.4, -0.2) is 68.4 Å². The summed E-state index contributed by atoms with van der Waals surface area (Å²) in [5, 5.41) is 13.6. The van der Waals surface area contributed by atoms with Crippen LogP contribution in [0.4, 0.5) is 0 Å². The van der Waals surface area contributed by atoms with Gasteiger partial charge < -0.3 is 9.63 Å². The van der Waals surface area contributed by atoms with E-state index in [2.05, 4.69) is 31.8 Å². The van der Waals surface area contributed by atoms with Crippen molar-refractivity contribution in [2.45, 2.75) is 32.5 Å².